The molecule has 0 saturated heterocycles. The molecule has 0 aliphatic heterocycles. The lowest BCUT2D eigenvalue weighted by Crippen LogP contribution is -2.11. The molecule has 0 aliphatic rings. The SMILES string of the molecule is COc1cccc(OC=C(C)/C(=N\c2ccccc2)Oc2cccc(OC)c2)c1. The molecule has 29 heavy (non-hydrogen) atoms. The number of methoxy groups -OCH3 is 2. The molecule has 0 atom stereocenters. The number of nitrogens with zero attached hydrogens (tertiary/aromatic N) is 1. The standard InChI is InChI=1S/C24H23NO4/c1-18(17-28-22-13-7-11-20(15-22)26-2)24(25-19-9-5-4-6-10-19)29-23-14-8-12-21(16-23)27-3/h4-17H,1-3H3/b18-17?,25-24+. The summed E-state index contributed by atoms with van der Waals surface area (Å²) in [5.74, 6) is 3.12. The van der Waals surface area contributed by atoms with Crippen LogP contribution >= 0.6 is 0 Å². The number of rotatable bonds is 7. The van der Waals surface area contributed by atoms with Crippen LogP contribution in [0.4, 0.5) is 5.69 Å². The maximum Gasteiger partial charge on any atom is 0.225 e. The summed E-state index contributed by atoms with van der Waals surface area (Å²) in [6.07, 6.45) is 1.61. The Kier molecular flexibility index (Phi) is 6.90. The van der Waals surface area contributed by atoms with Crippen LogP contribution in [0.2, 0.25) is 0 Å². The van der Waals surface area contributed by atoms with Gasteiger partial charge in [-0.05, 0) is 43.3 Å². The highest BCUT2D eigenvalue weighted by atomic mass is 16.5. The van der Waals surface area contributed by atoms with Crippen molar-refractivity contribution in [3.05, 3.63) is 90.7 Å². The summed E-state index contributed by atoms with van der Waals surface area (Å²) in [6, 6.07) is 24.4. The fourth-order valence-corrected chi connectivity index (χ4v) is 2.47. The van der Waals surface area contributed by atoms with Crippen LogP contribution in [0, 0.1) is 0 Å². The molecule has 0 radical (unpaired) electrons. The Bertz CT molecular complexity index is 997. The molecule has 3 rings (SSSR count). The van der Waals surface area contributed by atoms with E-state index >= 15 is 0 Å². The third-order valence-corrected chi connectivity index (χ3v) is 3.99. The van der Waals surface area contributed by atoms with Gasteiger partial charge < -0.3 is 18.9 Å². The molecule has 0 N–H and O–H groups in total. The molecule has 0 unspecified atom stereocenters. The molecule has 0 aromatic heterocycles. The minimum absolute atomic E-state index is 0.423. The maximum absolute atomic E-state index is 6.05. The number of hydrogen-bond donors (Lipinski definition) is 0. The monoisotopic (exact) mass is 389 g/mol. The van der Waals surface area contributed by atoms with E-state index in [1.807, 2.05) is 73.7 Å². The zero-order valence-electron chi connectivity index (χ0n) is 16.7. The van der Waals surface area contributed by atoms with Crippen LogP contribution in [0.1, 0.15) is 6.92 Å². The molecule has 0 heterocycles. The zero-order valence-corrected chi connectivity index (χ0v) is 16.7. The first-order chi connectivity index (χ1) is 14.2. The Balaban J connectivity index is 1.87. The molecule has 5 heteroatoms. The van der Waals surface area contributed by atoms with Crippen molar-refractivity contribution in [1.29, 1.82) is 0 Å². The van der Waals surface area contributed by atoms with Gasteiger partial charge in [0.05, 0.1) is 26.2 Å². The van der Waals surface area contributed by atoms with E-state index < -0.39 is 0 Å². The van der Waals surface area contributed by atoms with Crippen molar-refractivity contribution in [3.63, 3.8) is 0 Å². The lowest BCUT2D eigenvalue weighted by Gasteiger charge is -2.11. The summed E-state index contributed by atoms with van der Waals surface area (Å²) >= 11 is 0. The van der Waals surface area contributed by atoms with Gasteiger partial charge in [-0.15, -0.1) is 0 Å². The minimum Gasteiger partial charge on any atom is -0.497 e. The van der Waals surface area contributed by atoms with Crippen LogP contribution in [0.5, 0.6) is 23.0 Å². The maximum atomic E-state index is 6.05. The number of benzene rings is 3. The second kappa shape index (κ2) is 9.99. The summed E-state index contributed by atoms with van der Waals surface area (Å²) < 4.78 is 22.3. The van der Waals surface area contributed by atoms with Crippen molar-refractivity contribution in [2.75, 3.05) is 14.2 Å². The number of hydrogen-bond acceptors (Lipinski definition) is 5. The molecule has 0 saturated carbocycles. The van der Waals surface area contributed by atoms with Gasteiger partial charge >= 0.3 is 0 Å². The van der Waals surface area contributed by atoms with E-state index in [4.69, 9.17) is 18.9 Å². The van der Waals surface area contributed by atoms with Crippen molar-refractivity contribution < 1.29 is 18.9 Å². The topological polar surface area (TPSA) is 49.3 Å². The number of ether oxygens (including phenoxy) is 4. The van der Waals surface area contributed by atoms with E-state index in [1.54, 1.807) is 32.6 Å². The van der Waals surface area contributed by atoms with Gasteiger partial charge in [-0.1, -0.05) is 30.3 Å². The Hall–Kier alpha value is -3.73. The number of aliphatic imine (C=N–C) groups is 1. The summed E-state index contributed by atoms with van der Waals surface area (Å²) in [5, 5.41) is 0. The highest BCUT2D eigenvalue weighted by Gasteiger charge is 2.09. The van der Waals surface area contributed by atoms with Crippen LogP contribution in [0.25, 0.3) is 0 Å². The van der Waals surface area contributed by atoms with E-state index in [2.05, 4.69) is 4.99 Å². The molecule has 0 amide bonds. The predicted molar refractivity (Wildman–Crippen MR) is 115 cm³/mol. The molecule has 0 aliphatic carbocycles. The third-order valence-electron chi connectivity index (χ3n) is 3.99. The first-order valence-electron chi connectivity index (χ1n) is 9.11. The van der Waals surface area contributed by atoms with Gasteiger partial charge in [0.15, 0.2) is 0 Å². The van der Waals surface area contributed by atoms with E-state index in [1.165, 1.54) is 0 Å². The summed E-state index contributed by atoms with van der Waals surface area (Å²) in [7, 11) is 3.23. The molecule has 0 spiro atoms. The normalized spacial score (nSPS) is 11.7. The van der Waals surface area contributed by atoms with Gasteiger partial charge in [-0.3, -0.25) is 0 Å². The minimum atomic E-state index is 0.423. The van der Waals surface area contributed by atoms with Crippen LogP contribution in [-0.2, 0) is 0 Å². The largest absolute Gasteiger partial charge is 0.497 e. The van der Waals surface area contributed by atoms with Gasteiger partial charge in [0.1, 0.15) is 23.0 Å². The highest BCUT2D eigenvalue weighted by molar-refractivity contribution is 5.96. The molecule has 0 fully saturated rings. The van der Waals surface area contributed by atoms with Crippen molar-refractivity contribution >= 4 is 11.6 Å². The van der Waals surface area contributed by atoms with Crippen LogP contribution in [0.15, 0.2) is 95.7 Å². The second-order valence-corrected chi connectivity index (χ2v) is 6.13. The van der Waals surface area contributed by atoms with Gasteiger partial charge in [0.25, 0.3) is 0 Å². The van der Waals surface area contributed by atoms with Crippen LogP contribution < -0.4 is 18.9 Å². The Labute approximate surface area is 170 Å². The first-order valence-corrected chi connectivity index (χ1v) is 9.11. The Morgan fingerprint density at radius 1 is 0.724 bits per heavy atom. The molecule has 5 nitrogen and oxygen atoms in total. The molecular weight excluding hydrogens is 366 g/mol. The molecular formula is C24H23NO4. The molecule has 0 bridgehead atoms. The van der Waals surface area contributed by atoms with E-state index in [0.717, 1.165) is 17.0 Å². The Morgan fingerprint density at radius 3 is 1.97 bits per heavy atom. The van der Waals surface area contributed by atoms with Gasteiger partial charge in [-0.2, -0.15) is 0 Å². The average molecular weight is 389 g/mol. The Morgan fingerprint density at radius 2 is 1.31 bits per heavy atom. The van der Waals surface area contributed by atoms with Crippen LogP contribution in [-0.4, -0.2) is 20.1 Å². The van der Waals surface area contributed by atoms with Crippen LogP contribution in [0.3, 0.4) is 0 Å². The fourth-order valence-electron chi connectivity index (χ4n) is 2.47. The molecule has 148 valence electrons. The molecule has 3 aromatic rings. The summed E-state index contributed by atoms with van der Waals surface area (Å²) in [4.78, 5) is 4.64. The fraction of sp³-hybridized carbons (Fsp3) is 0.125. The zero-order chi connectivity index (χ0) is 20.5. The molecule has 3 aromatic carbocycles. The van der Waals surface area contributed by atoms with Gasteiger partial charge in [0.2, 0.25) is 5.90 Å². The highest BCUT2D eigenvalue weighted by Crippen LogP contribution is 2.23. The van der Waals surface area contributed by atoms with E-state index in [-0.39, 0.29) is 0 Å². The van der Waals surface area contributed by atoms with Gasteiger partial charge in [-0.25, -0.2) is 4.99 Å². The lowest BCUT2D eigenvalue weighted by molar-refractivity contribution is 0.408. The lowest BCUT2D eigenvalue weighted by atomic mass is 10.3. The average Bonchev–Trinajstić information content (AvgIpc) is 2.78. The smallest absolute Gasteiger partial charge is 0.225 e. The van der Waals surface area contributed by atoms with Crippen molar-refractivity contribution in [2.45, 2.75) is 6.92 Å². The summed E-state index contributed by atoms with van der Waals surface area (Å²) in [5.41, 5.74) is 1.50. The first kappa shape index (κ1) is 20.0. The van der Waals surface area contributed by atoms with Crippen molar-refractivity contribution in [2.24, 2.45) is 4.99 Å². The van der Waals surface area contributed by atoms with Crippen molar-refractivity contribution in [3.8, 4) is 23.0 Å². The van der Waals surface area contributed by atoms with E-state index in [9.17, 15) is 0 Å². The third kappa shape index (κ3) is 5.87. The quantitative estimate of drug-likeness (QED) is 0.291. The summed E-state index contributed by atoms with van der Waals surface area (Å²) in [6.45, 7) is 1.88. The van der Waals surface area contributed by atoms with Gasteiger partial charge in [0, 0.05) is 17.7 Å². The number of para-hydroxylation sites is 1. The predicted octanol–water partition coefficient (Wildman–Crippen LogP) is 5.80. The van der Waals surface area contributed by atoms with E-state index in [0.29, 0.717) is 23.1 Å². The second-order valence-electron chi connectivity index (χ2n) is 6.13. The van der Waals surface area contributed by atoms with Crippen molar-refractivity contribution in [1.82, 2.24) is 0 Å².